The average Bonchev–Trinajstić information content (AvgIpc) is 2.94. The number of nitriles is 1. The summed E-state index contributed by atoms with van der Waals surface area (Å²) in [5, 5.41) is 21.2. The number of aliphatic hydroxyl groups is 1. The SMILES string of the molecule is N#CCOc1ccc(CNCC2CCCC2CO)cc1. The fraction of sp³-hybridized carbons (Fsp3) is 0.562. The molecule has 4 heteroatoms. The maximum Gasteiger partial charge on any atom is 0.174 e. The van der Waals surface area contributed by atoms with E-state index in [2.05, 4.69) is 5.32 Å². The smallest absolute Gasteiger partial charge is 0.174 e. The zero-order valence-electron chi connectivity index (χ0n) is 11.7. The van der Waals surface area contributed by atoms with E-state index in [0.717, 1.165) is 25.3 Å². The van der Waals surface area contributed by atoms with E-state index in [0.29, 0.717) is 18.4 Å². The molecule has 1 aromatic rings. The van der Waals surface area contributed by atoms with Crippen molar-refractivity contribution >= 4 is 0 Å². The Morgan fingerprint density at radius 1 is 1.25 bits per heavy atom. The Kier molecular flexibility index (Phi) is 5.85. The molecule has 0 amide bonds. The average molecular weight is 274 g/mol. The quantitative estimate of drug-likeness (QED) is 0.799. The fourth-order valence-electron chi connectivity index (χ4n) is 2.84. The van der Waals surface area contributed by atoms with Gasteiger partial charge in [-0.1, -0.05) is 18.6 Å². The first kappa shape index (κ1) is 14.8. The van der Waals surface area contributed by atoms with Gasteiger partial charge in [-0.05, 0) is 48.9 Å². The van der Waals surface area contributed by atoms with Gasteiger partial charge in [-0.2, -0.15) is 5.26 Å². The Labute approximate surface area is 120 Å². The van der Waals surface area contributed by atoms with Gasteiger partial charge in [0.15, 0.2) is 6.61 Å². The van der Waals surface area contributed by atoms with Gasteiger partial charge in [0.2, 0.25) is 0 Å². The van der Waals surface area contributed by atoms with Gasteiger partial charge in [-0.3, -0.25) is 0 Å². The second kappa shape index (κ2) is 7.88. The molecular formula is C16H22N2O2. The number of hydrogen-bond donors (Lipinski definition) is 2. The first-order valence-electron chi connectivity index (χ1n) is 7.23. The largest absolute Gasteiger partial charge is 0.479 e. The highest BCUT2D eigenvalue weighted by molar-refractivity contribution is 5.27. The molecule has 2 N–H and O–H groups in total. The molecule has 2 rings (SSSR count). The van der Waals surface area contributed by atoms with Crippen molar-refractivity contribution in [2.24, 2.45) is 11.8 Å². The van der Waals surface area contributed by atoms with E-state index in [9.17, 15) is 5.11 Å². The molecule has 20 heavy (non-hydrogen) atoms. The maximum absolute atomic E-state index is 9.29. The Bertz CT molecular complexity index is 439. The first-order valence-corrected chi connectivity index (χ1v) is 7.23. The van der Waals surface area contributed by atoms with Crippen LogP contribution in [0.4, 0.5) is 0 Å². The number of ether oxygens (including phenoxy) is 1. The van der Waals surface area contributed by atoms with Gasteiger partial charge in [0.1, 0.15) is 11.8 Å². The van der Waals surface area contributed by atoms with Crippen LogP contribution in [0.3, 0.4) is 0 Å². The van der Waals surface area contributed by atoms with Gasteiger partial charge in [0.05, 0.1) is 0 Å². The van der Waals surface area contributed by atoms with E-state index < -0.39 is 0 Å². The maximum atomic E-state index is 9.29. The number of nitrogens with one attached hydrogen (secondary N) is 1. The first-order chi connectivity index (χ1) is 9.83. The second-order valence-electron chi connectivity index (χ2n) is 5.36. The van der Waals surface area contributed by atoms with Crippen LogP contribution in [0.15, 0.2) is 24.3 Å². The minimum atomic E-state index is 0.0851. The number of benzene rings is 1. The van der Waals surface area contributed by atoms with Gasteiger partial charge in [0, 0.05) is 13.2 Å². The van der Waals surface area contributed by atoms with Crippen molar-refractivity contribution in [3.63, 3.8) is 0 Å². The van der Waals surface area contributed by atoms with Gasteiger partial charge < -0.3 is 15.2 Å². The van der Waals surface area contributed by atoms with Crippen molar-refractivity contribution in [1.82, 2.24) is 5.32 Å². The van der Waals surface area contributed by atoms with Crippen LogP contribution in [0.5, 0.6) is 5.75 Å². The Hall–Kier alpha value is -1.57. The molecule has 1 fully saturated rings. The molecule has 0 heterocycles. The van der Waals surface area contributed by atoms with Gasteiger partial charge in [-0.25, -0.2) is 0 Å². The van der Waals surface area contributed by atoms with E-state index >= 15 is 0 Å². The lowest BCUT2D eigenvalue weighted by Gasteiger charge is -2.17. The van der Waals surface area contributed by atoms with E-state index in [1.54, 1.807) is 0 Å². The molecule has 1 aliphatic carbocycles. The molecule has 1 saturated carbocycles. The van der Waals surface area contributed by atoms with Crippen molar-refractivity contribution in [3.8, 4) is 11.8 Å². The third-order valence-electron chi connectivity index (χ3n) is 4.01. The summed E-state index contributed by atoms with van der Waals surface area (Å²) in [5.74, 6) is 1.81. The Balaban J connectivity index is 1.72. The number of hydrogen-bond acceptors (Lipinski definition) is 4. The minimum Gasteiger partial charge on any atom is -0.479 e. The molecule has 2 atom stereocenters. The Morgan fingerprint density at radius 2 is 2.00 bits per heavy atom. The molecule has 1 aromatic carbocycles. The van der Waals surface area contributed by atoms with Crippen molar-refractivity contribution < 1.29 is 9.84 Å². The molecule has 0 aliphatic heterocycles. The predicted molar refractivity (Wildman–Crippen MR) is 77.2 cm³/mol. The highest BCUT2D eigenvalue weighted by atomic mass is 16.5. The topological polar surface area (TPSA) is 65.3 Å². The van der Waals surface area contributed by atoms with Crippen LogP contribution in [0.1, 0.15) is 24.8 Å². The summed E-state index contributed by atoms with van der Waals surface area (Å²) in [7, 11) is 0. The van der Waals surface area contributed by atoms with Crippen LogP contribution in [-0.2, 0) is 6.54 Å². The van der Waals surface area contributed by atoms with Crippen molar-refractivity contribution in [2.45, 2.75) is 25.8 Å². The predicted octanol–water partition coefficient (Wildman–Crippen LogP) is 2.09. The third kappa shape index (κ3) is 4.22. The summed E-state index contributed by atoms with van der Waals surface area (Å²) in [6.45, 7) is 2.20. The highest BCUT2D eigenvalue weighted by Gasteiger charge is 2.25. The van der Waals surface area contributed by atoms with Crippen molar-refractivity contribution in [2.75, 3.05) is 19.8 Å². The molecule has 108 valence electrons. The molecule has 0 aromatic heterocycles. The highest BCUT2D eigenvalue weighted by Crippen LogP contribution is 2.30. The van der Waals surface area contributed by atoms with Crippen LogP contribution < -0.4 is 10.1 Å². The molecule has 2 unspecified atom stereocenters. The van der Waals surface area contributed by atoms with E-state index in [1.165, 1.54) is 18.4 Å². The standard InChI is InChI=1S/C16H22N2O2/c17-8-9-20-16-6-4-13(5-7-16)10-18-11-14-2-1-3-15(14)12-19/h4-7,14-15,18-19H,1-3,9-12H2. The Morgan fingerprint density at radius 3 is 2.70 bits per heavy atom. The molecule has 0 radical (unpaired) electrons. The third-order valence-corrected chi connectivity index (χ3v) is 4.01. The summed E-state index contributed by atoms with van der Waals surface area (Å²) >= 11 is 0. The van der Waals surface area contributed by atoms with E-state index in [4.69, 9.17) is 10.00 Å². The lowest BCUT2D eigenvalue weighted by Crippen LogP contribution is -2.26. The van der Waals surface area contributed by atoms with Gasteiger partial charge in [-0.15, -0.1) is 0 Å². The van der Waals surface area contributed by atoms with Gasteiger partial charge in [0.25, 0.3) is 0 Å². The zero-order chi connectivity index (χ0) is 14.2. The molecular weight excluding hydrogens is 252 g/mol. The minimum absolute atomic E-state index is 0.0851. The molecule has 0 bridgehead atoms. The summed E-state index contributed by atoms with van der Waals surface area (Å²) in [4.78, 5) is 0. The fourth-order valence-corrected chi connectivity index (χ4v) is 2.84. The summed E-state index contributed by atoms with van der Waals surface area (Å²) in [5.41, 5.74) is 1.20. The summed E-state index contributed by atoms with van der Waals surface area (Å²) in [6.07, 6.45) is 3.62. The number of aliphatic hydroxyl groups excluding tert-OH is 1. The van der Waals surface area contributed by atoms with Crippen LogP contribution in [0.25, 0.3) is 0 Å². The van der Waals surface area contributed by atoms with Crippen LogP contribution in [0.2, 0.25) is 0 Å². The van der Waals surface area contributed by atoms with Crippen molar-refractivity contribution in [3.05, 3.63) is 29.8 Å². The van der Waals surface area contributed by atoms with Crippen LogP contribution >= 0.6 is 0 Å². The van der Waals surface area contributed by atoms with E-state index in [-0.39, 0.29) is 6.61 Å². The lowest BCUT2D eigenvalue weighted by molar-refractivity contribution is 0.192. The summed E-state index contributed by atoms with van der Waals surface area (Å²) in [6, 6.07) is 9.75. The summed E-state index contributed by atoms with van der Waals surface area (Å²) < 4.78 is 5.22. The molecule has 0 saturated heterocycles. The molecule has 4 nitrogen and oxygen atoms in total. The molecule has 0 spiro atoms. The zero-order valence-corrected chi connectivity index (χ0v) is 11.7. The number of rotatable bonds is 7. The van der Waals surface area contributed by atoms with Crippen LogP contribution in [-0.4, -0.2) is 24.9 Å². The normalized spacial score (nSPS) is 21.6. The van der Waals surface area contributed by atoms with Crippen LogP contribution in [0, 0.1) is 23.2 Å². The molecule has 1 aliphatic rings. The van der Waals surface area contributed by atoms with E-state index in [1.807, 2.05) is 30.3 Å². The second-order valence-corrected chi connectivity index (χ2v) is 5.36. The van der Waals surface area contributed by atoms with Crippen molar-refractivity contribution in [1.29, 1.82) is 5.26 Å². The lowest BCUT2D eigenvalue weighted by atomic mass is 9.97. The monoisotopic (exact) mass is 274 g/mol. The van der Waals surface area contributed by atoms with Gasteiger partial charge >= 0.3 is 0 Å². The number of nitrogens with zero attached hydrogens (tertiary/aromatic N) is 1.